The lowest BCUT2D eigenvalue weighted by molar-refractivity contribution is -0.378. The molecule has 5 saturated heterocycles. The number of fused-ring (bicyclic) bond motifs is 7. The van der Waals surface area contributed by atoms with Gasteiger partial charge >= 0.3 is 5.97 Å². The van der Waals surface area contributed by atoms with E-state index in [1.54, 1.807) is 0 Å². The maximum atomic E-state index is 15.4. The predicted molar refractivity (Wildman–Crippen MR) is 283 cm³/mol. The molecule has 0 radical (unpaired) electrons. The molecule has 5 aliphatic carbocycles. The molecule has 0 aromatic carbocycles. The molecule has 32 atom stereocenters. The maximum Gasteiger partial charge on any atom is 0.315 e. The standard InChI is InChI=1S/C58H94O26/c1-23-44(81-47-41(71)34(64)26(61)21-75-47)40(70)43(73)48(77-23)82-45-35(65)27(62)22-76-50(45)84-52(74)58-16-15-56(7)24(25(58)17-53(2,3)32(63)18-58)9-10-31-55(6)13-12-33(54(4,5)30(55)11-14-57(31,56)8)80-51-46(39(69)37(67)29(20-60)79-51)83-49-42(72)38(68)36(66)28(19-59)78-49/h9,23,25-51,59-73H,10-22H2,1-8H3. The van der Waals surface area contributed by atoms with Crippen molar-refractivity contribution in [1.82, 2.24) is 0 Å². The van der Waals surface area contributed by atoms with Gasteiger partial charge in [0.15, 0.2) is 31.3 Å². The van der Waals surface area contributed by atoms with Crippen molar-refractivity contribution in [3.8, 4) is 0 Å². The van der Waals surface area contributed by atoms with E-state index in [1.807, 2.05) is 13.8 Å². The summed E-state index contributed by atoms with van der Waals surface area (Å²) in [5, 5.41) is 162. The van der Waals surface area contributed by atoms with Gasteiger partial charge < -0.3 is 124 Å². The maximum absolute atomic E-state index is 15.4. The fraction of sp³-hybridized carbons (Fsp3) is 0.948. The number of aliphatic hydroxyl groups excluding tert-OH is 15. The van der Waals surface area contributed by atoms with E-state index in [0.29, 0.717) is 38.5 Å². The Bertz CT molecular complexity index is 2350. The van der Waals surface area contributed by atoms with Crippen LogP contribution in [-0.2, 0) is 52.2 Å². The van der Waals surface area contributed by atoms with Crippen molar-refractivity contribution >= 4 is 5.97 Å². The number of allylic oxidation sites excluding steroid dienone is 2. The summed E-state index contributed by atoms with van der Waals surface area (Å²) in [4.78, 5) is 15.4. The Morgan fingerprint density at radius 3 is 1.75 bits per heavy atom. The number of esters is 1. The average molecular weight is 1210 g/mol. The summed E-state index contributed by atoms with van der Waals surface area (Å²) >= 11 is 0. The molecule has 26 nitrogen and oxygen atoms in total. The van der Waals surface area contributed by atoms with Gasteiger partial charge in [0.25, 0.3) is 0 Å². The highest BCUT2D eigenvalue weighted by molar-refractivity contribution is 5.79. The van der Waals surface area contributed by atoms with Crippen LogP contribution in [0.5, 0.6) is 0 Å². The lowest BCUT2D eigenvalue weighted by Gasteiger charge is -2.71. The minimum Gasteiger partial charge on any atom is -0.432 e. The second-order valence-electron chi connectivity index (χ2n) is 28.2. The first kappa shape index (κ1) is 65.2. The molecule has 15 N–H and O–H groups in total. The molecule has 10 rings (SSSR count). The summed E-state index contributed by atoms with van der Waals surface area (Å²) in [5.41, 5.74) is -2.38. The quantitative estimate of drug-likeness (QED) is 0.0528. The largest absolute Gasteiger partial charge is 0.432 e. The number of aliphatic hydroxyl groups is 15. The predicted octanol–water partition coefficient (Wildman–Crippen LogP) is -2.93. The molecule has 4 saturated carbocycles. The normalized spacial score (nSPS) is 54.6. The lowest BCUT2D eigenvalue weighted by atomic mass is 9.33. The van der Waals surface area contributed by atoms with Gasteiger partial charge in [-0.25, -0.2) is 0 Å². The van der Waals surface area contributed by atoms with Crippen LogP contribution in [0.4, 0.5) is 0 Å². The molecule has 0 bridgehead atoms. The number of carbonyl (C=O) groups excluding carboxylic acids is 1. The SMILES string of the molecule is CC1OC(OC2C(OC(=O)C34CCC5(C)C(=CCC6C7(C)CCC(OC8OC(CO)C(O)C(O)C8OC8OC(CO)C(O)C(O)C8O)C(C)(C)C7CCC65C)C3CC(C)(C)C(O)C4)OCC(O)C2O)C(O)C(O)C1OC1OCC(O)C(O)C1O. The van der Waals surface area contributed by atoms with E-state index < -0.39 is 207 Å². The Balaban J connectivity index is 0.870. The number of rotatable bonds is 12. The van der Waals surface area contributed by atoms with Crippen molar-refractivity contribution in [2.75, 3.05) is 26.4 Å². The first-order valence-corrected chi connectivity index (χ1v) is 30.1. The molecule has 0 aromatic heterocycles. The van der Waals surface area contributed by atoms with E-state index in [0.717, 1.165) is 18.4 Å². The van der Waals surface area contributed by atoms with Crippen LogP contribution < -0.4 is 0 Å². The Hall–Kier alpha value is -1.75. The molecule has 0 amide bonds. The van der Waals surface area contributed by atoms with Gasteiger partial charge in [0, 0.05) is 0 Å². The van der Waals surface area contributed by atoms with Gasteiger partial charge in [-0.15, -0.1) is 0 Å². The molecular weight excluding hydrogens is 1110 g/mol. The molecule has 32 unspecified atom stereocenters. The van der Waals surface area contributed by atoms with Gasteiger partial charge in [-0.05, 0) is 110 Å². The second-order valence-corrected chi connectivity index (χ2v) is 28.2. The zero-order valence-electron chi connectivity index (χ0n) is 49.1. The summed E-state index contributed by atoms with van der Waals surface area (Å²) in [5.74, 6) is -0.909. The summed E-state index contributed by atoms with van der Waals surface area (Å²) in [7, 11) is 0. The molecule has 9 fully saturated rings. The first-order valence-electron chi connectivity index (χ1n) is 30.1. The summed E-state index contributed by atoms with van der Waals surface area (Å²) in [6.07, 6.45) is -30.8. The van der Waals surface area contributed by atoms with E-state index >= 15 is 4.79 Å². The Labute approximate surface area is 488 Å². The summed E-state index contributed by atoms with van der Waals surface area (Å²) in [6.45, 7) is 14.5. The number of ether oxygens (including phenoxy) is 10. The van der Waals surface area contributed by atoms with Gasteiger partial charge in [-0.2, -0.15) is 0 Å². The summed E-state index contributed by atoms with van der Waals surface area (Å²) in [6, 6.07) is 0. The minimum atomic E-state index is -1.89. The van der Waals surface area contributed by atoms with Crippen molar-refractivity contribution in [3.63, 3.8) is 0 Å². The Morgan fingerprint density at radius 1 is 0.548 bits per heavy atom. The molecule has 10 aliphatic rings. The van der Waals surface area contributed by atoms with Crippen LogP contribution >= 0.6 is 0 Å². The van der Waals surface area contributed by atoms with Crippen molar-refractivity contribution in [1.29, 1.82) is 0 Å². The van der Waals surface area contributed by atoms with Crippen molar-refractivity contribution < 1.29 is 129 Å². The van der Waals surface area contributed by atoms with Crippen molar-refractivity contribution in [2.45, 2.75) is 267 Å². The highest BCUT2D eigenvalue weighted by Crippen LogP contribution is 2.76. The van der Waals surface area contributed by atoms with Crippen LogP contribution in [0.2, 0.25) is 0 Å². The van der Waals surface area contributed by atoms with Crippen LogP contribution in [-0.4, -0.2) is 263 Å². The smallest absolute Gasteiger partial charge is 0.315 e. The molecule has 0 aromatic rings. The summed E-state index contributed by atoms with van der Waals surface area (Å²) < 4.78 is 59.9. The third kappa shape index (κ3) is 10.7. The third-order valence-electron chi connectivity index (χ3n) is 22.9. The topological polar surface area (TPSA) is 413 Å². The molecule has 84 heavy (non-hydrogen) atoms. The molecule has 482 valence electrons. The van der Waals surface area contributed by atoms with Crippen LogP contribution in [0.3, 0.4) is 0 Å². The van der Waals surface area contributed by atoms with Gasteiger partial charge in [0.05, 0.1) is 50.2 Å². The fourth-order valence-corrected chi connectivity index (χ4v) is 17.4. The molecule has 0 spiro atoms. The number of hydrogen-bond donors (Lipinski definition) is 15. The number of hydrogen-bond acceptors (Lipinski definition) is 26. The van der Waals surface area contributed by atoms with Crippen molar-refractivity contribution in [3.05, 3.63) is 11.6 Å². The van der Waals surface area contributed by atoms with Gasteiger partial charge in [0.1, 0.15) is 97.7 Å². The number of carbonyl (C=O) groups is 1. The fourth-order valence-electron chi connectivity index (χ4n) is 17.4. The van der Waals surface area contributed by atoms with Crippen LogP contribution in [0.25, 0.3) is 0 Å². The minimum absolute atomic E-state index is 0.0506. The highest BCUT2D eigenvalue weighted by atomic mass is 16.8. The van der Waals surface area contributed by atoms with Crippen molar-refractivity contribution in [2.24, 2.45) is 50.2 Å². The van der Waals surface area contributed by atoms with Gasteiger partial charge in [-0.3, -0.25) is 4.79 Å². The first-order chi connectivity index (χ1) is 39.3. The van der Waals surface area contributed by atoms with Crippen LogP contribution in [0.1, 0.15) is 113 Å². The van der Waals surface area contributed by atoms with Gasteiger partial charge in [-0.1, -0.05) is 60.1 Å². The van der Waals surface area contributed by atoms with E-state index in [9.17, 15) is 76.6 Å². The van der Waals surface area contributed by atoms with E-state index in [1.165, 1.54) is 6.92 Å². The Morgan fingerprint density at radius 2 is 1.10 bits per heavy atom. The lowest BCUT2D eigenvalue weighted by Crippen LogP contribution is -2.67. The average Bonchev–Trinajstić information content (AvgIpc) is 0.690. The second kappa shape index (κ2) is 23.8. The van der Waals surface area contributed by atoms with Gasteiger partial charge in [0.2, 0.25) is 6.29 Å². The Kier molecular flexibility index (Phi) is 18.5. The van der Waals surface area contributed by atoms with E-state index in [2.05, 4.69) is 40.7 Å². The highest BCUT2D eigenvalue weighted by Gasteiger charge is 2.71. The van der Waals surface area contributed by atoms with Crippen LogP contribution in [0, 0.1) is 50.2 Å². The third-order valence-corrected chi connectivity index (χ3v) is 22.9. The van der Waals surface area contributed by atoms with E-state index in [4.69, 9.17) is 47.4 Å². The molecule has 5 heterocycles. The molecule has 26 heteroatoms. The monoisotopic (exact) mass is 1210 g/mol. The van der Waals surface area contributed by atoms with E-state index in [-0.39, 0.29) is 35.7 Å². The molecule has 5 aliphatic heterocycles. The van der Waals surface area contributed by atoms with Crippen LogP contribution in [0.15, 0.2) is 11.6 Å². The molecular formula is C58H94O26. The zero-order chi connectivity index (χ0) is 61.3. The zero-order valence-corrected chi connectivity index (χ0v) is 49.1.